The number of aryl methyl sites for hydroxylation is 1. The smallest absolute Gasteiger partial charge is 0.308 e. The van der Waals surface area contributed by atoms with Gasteiger partial charge in [0.2, 0.25) is 0 Å². The summed E-state index contributed by atoms with van der Waals surface area (Å²) >= 11 is 1.13. The maximum Gasteiger partial charge on any atom is 0.308 e. The first-order valence-corrected chi connectivity index (χ1v) is 8.70. The summed E-state index contributed by atoms with van der Waals surface area (Å²) in [7, 11) is 0. The molecule has 25 heavy (non-hydrogen) atoms. The van der Waals surface area contributed by atoms with E-state index in [-0.39, 0.29) is 18.2 Å². The molecule has 2 aromatic rings. The van der Waals surface area contributed by atoms with Crippen LogP contribution in [-0.4, -0.2) is 29.4 Å². The average molecular weight is 364 g/mol. The van der Waals surface area contributed by atoms with Gasteiger partial charge < -0.3 is 20.2 Å². The van der Waals surface area contributed by atoms with Crippen molar-refractivity contribution in [3.05, 3.63) is 40.7 Å². The fourth-order valence-corrected chi connectivity index (χ4v) is 3.29. The molecule has 0 spiro atoms. The molecule has 3 N–H and O–H groups in total. The molecule has 7 nitrogen and oxygen atoms in total. The summed E-state index contributed by atoms with van der Waals surface area (Å²) in [6, 6.07) is 4.85. The third-order valence-electron chi connectivity index (χ3n) is 3.60. The highest BCUT2D eigenvalue weighted by atomic mass is 32.1. The zero-order valence-corrected chi connectivity index (χ0v) is 14.8. The van der Waals surface area contributed by atoms with Gasteiger partial charge in [-0.1, -0.05) is 13.3 Å². The van der Waals surface area contributed by atoms with E-state index in [9.17, 15) is 14.4 Å². The lowest BCUT2D eigenvalue weighted by Gasteiger charge is -2.12. The molecule has 2 aromatic heterocycles. The molecule has 2 amide bonds. The van der Waals surface area contributed by atoms with Crippen molar-refractivity contribution in [2.75, 3.05) is 11.9 Å². The molecule has 0 radical (unpaired) electrons. The standard InChI is InChI=1S/C17H20N2O5S/c1-3-5-11(17(22)23)9-18-16(21)14-10(2)8-13(25-14)19-15(20)12-6-4-7-24-12/h4,6-8,11H,3,5,9H2,1-2H3,(H,18,21)(H,19,20)(H,22,23). The maximum absolute atomic E-state index is 12.3. The van der Waals surface area contributed by atoms with Gasteiger partial charge in [0.25, 0.3) is 11.8 Å². The van der Waals surface area contributed by atoms with Crippen molar-refractivity contribution in [3.63, 3.8) is 0 Å². The van der Waals surface area contributed by atoms with Crippen molar-refractivity contribution >= 4 is 34.1 Å². The fraction of sp³-hybridized carbons (Fsp3) is 0.353. The summed E-state index contributed by atoms with van der Waals surface area (Å²) in [5, 5.41) is 15.0. The second-order valence-corrected chi connectivity index (χ2v) is 6.64. The molecule has 8 heteroatoms. The summed E-state index contributed by atoms with van der Waals surface area (Å²) in [5.41, 5.74) is 0.708. The lowest BCUT2D eigenvalue weighted by molar-refractivity contribution is -0.141. The maximum atomic E-state index is 12.3. The van der Waals surface area contributed by atoms with Crippen LogP contribution in [0.1, 0.15) is 45.6 Å². The largest absolute Gasteiger partial charge is 0.481 e. The van der Waals surface area contributed by atoms with E-state index >= 15 is 0 Å². The number of hydrogen-bond acceptors (Lipinski definition) is 5. The second kappa shape index (κ2) is 8.48. The van der Waals surface area contributed by atoms with Crippen molar-refractivity contribution in [3.8, 4) is 0 Å². The highest BCUT2D eigenvalue weighted by Crippen LogP contribution is 2.27. The Morgan fingerprint density at radius 2 is 2.08 bits per heavy atom. The number of anilines is 1. The van der Waals surface area contributed by atoms with Gasteiger partial charge in [-0.2, -0.15) is 0 Å². The van der Waals surface area contributed by atoms with Gasteiger partial charge in [-0.25, -0.2) is 0 Å². The third kappa shape index (κ3) is 4.93. The molecule has 0 aliphatic carbocycles. The van der Waals surface area contributed by atoms with Crippen LogP contribution in [0.25, 0.3) is 0 Å². The number of rotatable bonds is 8. The third-order valence-corrected chi connectivity index (χ3v) is 4.75. The monoisotopic (exact) mass is 364 g/mol. The molecular weight excluding hydrogens is 344 g/mol. The lowest BCUT2D eigenvalue weighted by Crippen LogP contribution is -2.32. The molecule has 134 valence electrons. The van der Waals surface area contributed by atoms with Crippen LogP contribution >= 0.6 is 11.3 Å². The van der Waals surface area contributed by atoms with E-state index in [0.29, 0.717) is 21.9 Å². The predicted octanol–water partition coefficient (Wildman–Crippen LogP) is 3.13. The molecule has 0 saturated heterocycles. The number of nitrogens with one attached hydrogen (secondary N) is 2. The van der Waals surface area contributed by atoms with Gasteiger partial charge in [0.05, 0.1) is 22.1 Å². The van der Waals surface area contributed by atoms with Gasteiger partial charge in [0.1, 0.15) is 0 Å². The molecule has 0 aromatic carbocycles. The zero-order valence-electron chi connectivity index (χ0n) is 14.0. The number of carboxylic acids is 1. The molecule has 1 atom stereocenters. The van der Waals surface area contributed by atoms with Gasteiger partial charge in [-0.05, 0) is 37.1 Å². The van der Waals surface area contributed by atoms with E-state index in [1.54, 1.807) is 25.1 Å². The first kappa shape index (κ1) is 18.7. The number of carbonyl (C=O) groups excluding carboxylic acids is 2. The Morgan fingerprint density at radius 3 is 2.68 bits per heavy atom. The first-order valence-electron chi connectivity index (χ1n) is 7.88. The van der Waals surface area contributed by atoms with Gasteiger partial charge >= 0.3 is 5.97 Å². The van der Waals surface area contributed by atoms with E-state index in [1.807, 2.05) is 6.92 Å². The van der Waals surface area contributed by atoms with Crippen LogP contribution in [0.3, 0.4) is 0 Å². The normalized spacial score (nSPS) is 11.8. The Bertz CT molecular complexity index is 751. The quantitative estimate of drug-likeness (QED) is 0.667. The summed E-state index contributed by atoms with van der Waals surface area (Å²) in [6.45, 7) is 3.73. The Morgan fingerprint density at radius 1 is 1.32 bits per heavy atom. The summed E-state index contributed by atoms with van der Waals surface area (Å²) in [5.74, 6) is -2.08. The van der Waals surface area contributed by atoms with Gasteiger partial charge in [0, 0.05) is 6.54 Å². The minimum absolute atomic E-state index is 0.0768. The SMILES string of the molecule is CCCC(CNC(=O)c1sc(NC(=O)c2ccco2)cc1C)C(=O)O. The molecule has 2 heterocycles. The number of furan rings is 1. The second-order valence-electron chi connectivity index (χ2n) is 5.59. The Hall–Kier alpha value is -2.61. The van der Waals surface area contributed by atoms with E-state index in [2.05, 4.69) is 10.6 Å². The molecule has 0 fully saturated rings. The Kier molecular flexibility index (Phi) is 6.35. The summed E-state index contributed by atoms with van der Waals surface area (Å²) < 4.78 is 5.02. The molecule has 0 aliphatic rings. The Balaban J connectivity index is 2.00. The highest BCUT2D eigenvalue weighted by Gasteiger charge is 2.20. The number of hydrogen-bond donors (Lipinski definition) is 3. The van der Waals surface area contributed by atoms with Crippen LogP contribution in [0.15, 0.2) is 28.9 Å². The van der Waals surface area contributed by atoms with Crippen molar-refractivity contribution in [2.24, 2.45) is 5.92 Å². The van der Waals surface area contributed by atoms with Crippen molar-refractivity contribution in [1.29, 1.82) is 0 Å². The van der Waals surface area contributed by atoms with Crippen LogP contribution in [0, 0.1) is 12.8 Å². The number of carboxylic acid groups (broad SMARTS) is 1. The zero-order chi connectivity index (χ0) is 18.4. The van der Waals surface area contributed by atoms with Crippen LogP contribution in [0.5, 0.6) is 0 Å². The van der Waals surface area contributed by atoms with Crippen molar-refractivity contribution < 1.29 is 23.9 Å². The van der Waals surface area contributed by atoms with E-state index in [4.69, 9.17) is 9.52 Å². The molecule has 2 rings (SSSR count). The number of carbonyl (C=O) groups is 3. The van der Waals surface area contributed by atoms with Crippen LogP contribution in [0.2, 0.25) is 0 Å². The van der Waals surface area contributed by atoms with E-state index < -0.39 is 17.8 Å². The molecule has 0 saturated carbocycles. The highest BCUT2D eigenvalue weighted by molar-refractivity contribution is 7.18. The predicted molar refractivity (Wildman–Crippen MR) is 94.1 cm³/mol. The van der Waals surface area contributed by atoms with Gasteiger partial charge in [0.15, 0.2) is 5.76 Å². The number of aliphatic carboxylic acids is 1. The number of thiophene rings is 1. The molecule has 0 bridgehead atoms. The molecule has 0 aliphatic heterocycles. The average Bonchev–Trinajstić information content (AvgIpc) is 3.20. The van der Waals surface area contributed by atoms with Crippen LogP contribution in [-0.2, 0) is 4.79 Å². The van der Waals surface area contributed by atoms with Crippen LogP contribution < -0.4 is 10.6 Å². The lowest BCUT2D eigenvalue weighted by atomic mass is 10.0. The van der Waals surface area contributed by atoms with Crippen molar-refractivity contribution in [1.82, 2.24) is 5.32 Å². The van der Waals surface area contributed by atoms with Crippen molar-refractivity contribution in [2.45, 2.75) is 26.7 Å². The molecule has 1 unspecified atom stereocenters. The van der Waals surface area contributed by atoms with E-state index in [1.165, 1.54) is 6.26 Å². The van der Waals surface area contributed by atoms with E-state index in [0.717, 1.165) is 17.8 Å². The Labute approximate surface area is 149 Å². The van der Waals surface area contributed by atoms with Gasteiger partial charge in [-0.3, -0.25) is 14.4 Å². The fourth-order valence-electron chi connectivity index (χ4n) is 2.31. The topological polar surface area (TPSA) is 109 Å². The van der Waals surface area contributed by atoms with Gasteiger partial charge in [-0.15, -0.1) is 11.3 Å². The first-order chi connectivity index (χ1) is 11.9. The molecular formula is C17H20N2O5S. The number of amides is 2. The minimum atomic E-state index is -0.920. The summed E-state index contributed by atoms with van der Waals surface area (Å²) in [4.78, 5) is 35.8. The minimum Gasteiger partial charge on any atom is -0.481 e. The summed E-state index contributed by atoms with van der Waals surface area (Å²) in [6.07, 6.45) is 2.64. The van der Waals surface area contributed by atoms with Crippen LogP contribution in [0.4, 0.5) is 5.00 Å².